The van der Waals surface area contributed by atoms with Crippen LogP contribution in [0.2, 0.25) is 0 Å². The average molecular weight is 1010 g/mol. The third kappa shape index (κ3) is 58.8. The van der Waals surface area contributed by atoms with Crippen molar-refractivity contribution >= 4 is 17.9 Å². The SMILES string of the molecule is CCCCCCCCCC/C=C\CCCCCCCCCCCC(=O)OCC(COC(=O)CCCCCCCCCCCCCC)OC(=O)CCCCCCCCCCC/C=C\CCCCCCCCCC. The first-order chi connectivity index (χ1) is 35.5. The van der Waals surface area contributed by atoms with E-state index in [0.29, 0.717) is 19.3 Å². The molecule has 0 radical (unpaired) electrons. The van der Waals surface area contributed by atoms with Gasteiger partial charge < -0.3 is 14.2 Å². The van der Waals surface area contributed by atoms with Gasteiger partial charge in [-0.1, -0.05) is 295 Å². The number of unbranched alkanes of at least 4 members (excludes halogenated alkanes) is 45. The van der Waals surface area contributed by atoms with Crippen LogP contribution in [-0.2, 0) is 28.6 Å². The molecule has 0 amide bonds. The number of hydrogen-bond acceptors (Lipinski definition) is 6. The fourth-order valence-corrected chi connectivity index (χ4v) is 9.79. The third-order valence-electron chi connectivity index (χ3n) is 14.7. The maximum absolute atomic E-state index is 12.9. The van der Waals surface area contributed by atoms with Gasteiger partial charge in [0.15, 0.2) is 6.10 Å². The summed E-state index contributed by atoms with van der Waals surface area (Å²) in [7, 11) is 0. The van der Waals surface area contributed by atoms with E-state index in [1.165, 1.54) is 263 Å². The fraction of sp³-hybridized carbons (Fsp3) is 0.894. The number of carbonyl (C=O) groups is 3. The summed E-state index contributed by atoms with van der Waals surface area (Å²) < 4.78 is 16.9. The second kappa shape index (κ2) is 61.4. The molecule has 6 heteroatoms. The van der Waals surface area contributed by atoms with Gasteiger partial charge in [-0.15, -0.1) is 0 Å². The third-order valence-corrected chi connectivity index (χ3v) is 14.7. The molecule has 424 valence electrons. The Balaban J connectivity index is 4.26. The summed E-state index contributed by atoms with van der Waals surface area (Å²) in [4.78, 5) is 38.3. The molecule has 1 atom stereocenters. The molecule has 0 saturated carbocycles. The van der Waals surface area contributed by atoms with E-state index in [0.717, 1.165) is 57.8 Å². The van der Waals surface area contributed by atoms with Gasteiger partial charge in [-0.05, 0) is 70.6 Å². The molecule has 0 rings (SSSR count). The lowest BCUT2D eigenvalue weighted by atomic mass is 10.0. The van der Waals surface area contributed by atoms with Gasteiger partial charge in [0.25, 0.3) is 0 Å². The molecule has 0 spiro atoms. The summed E-state index contributed by atoms with van der Waals surface area (Å²) in [6.07, 6.45) is 73.3. The van der Waals surface area contributed by atoms with Gasteiger partial charge >= 0.3 is 17.9 Å². The van der Waals surface area contributed by atoms with Gasteiger partial charge in [-0.3, -0.25) is 14.4 Å². The highest BCUT2D eigenvalue weighted by Gasteiger charge is 2.19. The minimum Gasteiger partial charge on any atom is -0.462 e. The van der Waals surface area contributed by atoms with Gasteiger partial charge in [-0.25, -0.2) is 0 Å². The predicted molar refractivity (Wildman–Crippen MR) is 312 cm³/mol. The van der Waals surface area contributed by atoms with Crippen LogP contribution in [0.25, 0.3) is 0 Å². The van der Waals surface area contributed by atoms with E-state index in [1.54, 1.807) is 0 Å². The van der Waals surface area contributed by atoms with Crippen molar-refractivity contribution in [3.63, 3.8) is 0 Å². The fourth-order valence-electron chi connectivity index (χ4n) is 9.79. The van der Waals surface area contributed by atoms with Crippen LogP contribution in [0, 0.1) is 0 Å². The van der Waals surface area contributed by atoms with Gasteiger partial charge in [0.1, 0.15) is 13.2 Å². The summed E-state index contributed by atoms with van der Waals surface area (Å²) in [5, 5.41) is 0. The van der Waals surface area contributed by atoms with Crippen LogP contribution >= 0.6 is 0 Å². The summed E-state index contributed by atoms with van der Waals surface area (Å²) in [5.41, 5.74) is 0. The smallest absolute Gasteiger partial charge is 0.306 e. The number of esters is 3. The molecule has 6 nitrogen and oxygen atoms in total. The van der Waals surface area contributed by atoms with E-state index in [2.05, 4.69) is 45.1 Å². The number of hydrogen-bond donors (Lipinski definition) is 0. The Hall–Kier alpha value is -2.11. The second-order valence-electron chi connectivity index (χ2n) is 22.0. The Morgan fingerprint density at radius 3 is 0.694 bits per heavy atom. The van der Waals surface area contributed by atoms with Crippen molar-refractivity contribution in [2.75, 3.05) is 13.2 Å². The molecule has 0 aromatic carbocycles. The van der Waals surface area contributed by atoms with Crippen molar-refractivity contribution in [3.05, 3.63) is 24.3 Å². The monoisotopic (exact) mass is 1010 g/mol. The van der Waals surface area contributed by atoms with Crippen LogP contribution in [0.1, 0.15) is 361 Å². The molecule has 0 aromatic rings. The number of rotatable bonds is 60. The molecule has 0 aromatic heterocycles. The lowest BCUT2D eigenvalue weighted by Crippen LogP contribution is -2.30. The first kappa shape index (κ1) is 69.9. The highest BCUT2D eigenvalue weighted by Crippen LogP contribution is 2.17. The predicted octanol–water partition coefficient (Wildman–Crippen LogP) is 21.8. The number of carbonyl (C=O) groups excluding carboxylic acids is 3. The van der Waals surface area contributed by atoms with Crippen molar-refractivity contribution in [2.24, 2.45) is 0 Å². The average Bonchev–Trinajstić information content (AvgIpc) is 3.38. The molecule has 0 saturated heterocycles. The Labute approximate surface area is 449 Å². The Bertz CT molecular complexity index is 1160. The van der Waals surface area contributed by atoms with E-state index in [4.69, 9.17) is 14.2 Å². The van der Waals surface area contributed by atoms with Gasteiger partial charge in [0, 0.05) is 19.3 Å². The van der Waals surface area contributed by atoms with Crippen molar-refractivity contribution in [1.29, 1.82) is 0 Å². The van der Waals surface area contributed by atoms with Gasteiger partial charge in [0.2, 0.25) is 0 Å². The van der Waals surface area contributed by atoms with Crippen molar-refractivity contribution in [1.82, 2.24) is 0 Å². The first-order valence-electron chi connectivity index (χ1n) is 32.3. The molecule has 0 heterocycles. The normalized spacial score (nSPS) is 12.1. The standard InChI is InChI=1S/C66H124O6/c1-4-7-10-13-16-19-22-25-27-29-31-33-35-37-39-41-44-47-50-53-56-59-65(68)71-62-63(61-70-64(67)58-55-52-49-46-43-24-21-18-15-12-9-6-3)72-66(69)60-57-54-51-48-45-42-40-38-36-34-32-30-28-26-23-20-17-14-11-8-5-2/h29-32,63H,4-28,33-62H2,1-3H3/b31-29-,32-30-. The Morgan fingerprint density at radius 1 is 0.264 bits per heavy atom. The minimum absolute atomic E-state index is 0.0677. The van der Waals surface area contributed by atoms with Crippen LogP contribution in [0.4, 0.5) is 0 Å². The van der Waals surface area contributed by atoms with Crippen LogP contribution in [0.5, 0.6) is 0 Å². The molecule has 0 aliphatic rings. The topological polar surface area (TPSA) is 78.9 Å². The van der Waals surface area contributed by atoms with Gasteiger partial charge in [0.05, 0.1) is 0 Å². The molecule has 0 N–H and O–H groups in total. The van der Waals surface area contributed by atoms with Crippen molar-refractivity contribution < 1.29 is 28.6 Å². The highest BCUT2D eigenvalue weighted by atomic mass is 16.6. The minimum atomic E-state index is -0.770. The molecule has 72 heavy (non-hydrogen) atoms. The quantitative estimate of drug-likeness (QED) is 0.0261. The zero-order valence-electron chi connectivity index (χ0n) is 48.7. The zero-order valence-corrected chi connectivity index (χ0v) is 48.7. The first-order valence-corrected chi connectivity index (χ1v) is 32.3. The van der Waals surface area contributed by atoms with Crippen LogP contribution in [0.3, 0.4) is 0 Å². The Morgan fingerprint density at radius 2 is 0.458 bits per heavy atom. The van der Waals surface area contributed by atoms with Crippen molar-refractivity contribution in [3.8, 4) is 0 Å². The van der Waals surface area contributed by atoms with Crippen LogP contribution in [-0.4, -0.2) is 37.2 Å². The Kier molecular flexibility index (Phi) is 59.6. The summed E-state index contributed by atoms with van der Waals surface area (Å²) in [6.45, 7) is 6.70. The van der Waals surface area contributed by atoms with Crippen LogP contribution in [0.15, 0.2) is 24.3 Å². The molecular weight excluding hydrogens is 889 g/mol. The number of allylic oxidation sites excluding steroid dienone is 4. The summed E-state index contributed by atoms with van der Waals surface area (Å²) in [6, 6.07) is 0. The van der Waals surface area contributed by atoms with E-state index in [1.807, 2.05) is 0 Å². The summed E-state index contributed by atoms with van der Waals surface area (Å²) in [5.74, 6) is -0.847. The molecule has 0 bridgehead atoms. The highest BCUT2D eigenvalue weighted by molar-refractivity contribution is 5.71. The van der Waals surface area contributed by atoms with Gasteiger partial charge in [-0.2, -0.15) is 0 Å². The molecule has 1 unspecified atom stereocenters. The maximum Gasteiger partial charge on any atom is 0.306 e. The summed E-state index contributed by atoms with van der Waals surface area (Å²) >= 11 is 0. The largest absolute Gasteiger partial charge is 0.462 e. The van der Waals surface area contributed by atoms with Crippen LogP contribution < -0.4 is 0 Å². The van der Waals surface area contributed by atoms with E-state index in [9.17, 15) is 14.4 Å². The molecule has 0 fully saturated rings. The molecule has 0 aliphatic carbocycles. The molecule has 0 aliphatic heterocycles. The zero-order chi connectivity index (χ0) is 52.2. The second-order valence-corrected chi connectivity index (χ2v) is 22.0. The van der Waals surface area contributed by atoms with E-state index >= 15 is 0 Å². The molecular formula is C66H124O6. The van der Waals surface area contributed by atoms with E-state index in [-0.39, 0.29) is 31.1 Å². The number of ether oxygens (including phenoxy) is 3. The van der Waals surface area contributed by atoms with E-state index < -0.39 is 6.10 Å². The maximum atomic E-state index is 12.9. The lowest BCUT2D eigenvalue weighted by molar-refractivity contribution is -0.167. The lowest BCUT2D eigenvalue weighted by Gasteiger charge is -2.18. The van der Waals surface area contributed by atoms with Crippen molar-refractivity contribution in [2.45, 2.75) is 367 Å².